The number of carbonyl (C=O) groups excluding carboxylic acids is 1. The Bertz CT molecular complexity index is 205. The van der Waals surface area contributed by atoms with Crippen molar-refractivity contribution in [2.75, 3.05) is 6.54 Å². The van der Waals surface area contributed by atoms with Gasteiger partial charge in [0.1, 0.15) is 0 Å². The lowest BCUT2D eigenvalue weighted by Crippen LogP contribution is -2.23. The summed E-state index contributed by atoms with van der Waals surface area (Å²) in [7, 11) is 0. The molecule has 0 aromatic carbocycles. The van der Waals surface area contributed by atoms with Crippen molar-refractivity contribution in [2.45, 2.75) is 19.3 Å². The first-order valence-electron chi connectivity index (χ1n) is 3.58. The predicted molar refractivity (Wildman–Crippen MR) is 43.3 cm³/mol. The number of terminal acetylenes is 1. The van der Waals surface area contributed by atoms with Crippen LogP contribution in [0.4, 0.5) is 0 Å². The predicted octanol–water partition coefficient (Wildman–Crippen LogP) is -0.00930. The molecule has 0 aliphatic carbocycles. The van der Waals surface area contributed by atoms with E-state index in [2.05, 4.69) is 11.2 Å². The van der Waals surface area contributed by atoms with E-state index in [1.165, 1.54) is 0 Å². The molecule has 1 amide bonds. The number of aliphatic carboxylic acids is 1. The number of carboxylic acids is 1. The smallest absolute Gasteiger partial charge is 0.303 e. The van der Waals surface area contributed by atoms with Gasteiger partial charge in [-0.15, -0.1) is 6.42 Å². The van der Waals surface area contributed by atoms with Crippen LogP contribution in [-0.2, 0) is 9.59 Å². The lowest BCUT2D eigenvalue weighted by molar-refractivity contribution is -0.137. The van der Waals surface area contributed by atoms with Crippen LogP contribution in [0.15, 0.2) is 0 Å². The van der Waals surface area contributed by atoms with E-state index in [9.17, 15) is 9.59 Å². The molecule has 0 aromatic rings. The van der Waals surface area contributed by atoms with Gasteiger partial charge < -0.3 is 10.4 Å². The van der Waals surface area contributed by atoms with Crippen LogP contribution in [-0.4, -0.2) is 23.5 Å². The largest absolute Gasteiger partial charge is 0.481 e. The molecule has 0 saturated heterocycles. The van der Waals surface area contributed by atoms with Gasteiger partial charge in [0.25, 0.3) is 0 Å². The van der Waals surface area contributed by atoms with Crippen LogP contribution in [0.2, 0.25) is 0 Å². The van der Waals surface area contributed by atoms with Gasteiger partial charge in [-0.05, 0) is 6.42 Å². The SMILES string of the molecule is C#CCC(=O)NCCCC(=O)O. The summed E-state index contributed by atoms with van der Waals surface area (Å²) in [6, 6.07) is 0. The van der Waals surface area contributed by atoms with Gasteiger partial charge in [-0.2, -0.15) is 0 Å². The van der Waals surface area contributed by atoms with Crippen LogP contribution in [0.25, 0.3) is 0 Å². The Morgan fingerprint density at radius 3 is 2.67 bits per heavy atom. The highest BCUT2D eigenvalue weighted by Gasteiger charge is 1.98. The van der Waals surface area contributed by atoms with Gasteiger partial charge in [0, 0.05) is 13.0 Å². The zero-order valence-electron chi connectivity index (χ0n) is 6.67. The van der Waals surface area contributed by atoms with E-state index >= 15 is 0 Å². The fourth-order valence-electron chi connectivity index (χ4n) is 0.623. The number of amides is 1. The molecule has 0 atom stereocenters. The van der Waals surface area contributed by atoms with Crippen molar-refractivity contribution < 1.29 is 14.7 Å². The molecule has 0 spiro atoms. The Labute approximate surface area is 71.0 Å². The van der Waals surface area contributed by atoms with Gasteiger partial charge >= 0.3 is 5.97 Å². The number of hydrogen-bond acceptors (Lipinski definition) is 2. The van der Waals surface area contributed by atoms with E-state index in [4.69, 9.17) is 11.5 Å². The molecule has 0 heterocycles. The van der Waals surface area contributed by atoms with Crippen molar-refractivity contribution in [1.29, 1.82) is 0 Å². The zero-order valence-corrected chi connectivity index (χ0v) is 6.67. The van der Waals surface area contributed by atoms with E-state index in [0.717, 1.165) is 0 Å². The molecule has 0 saturated carbocycles. The third-order valence-corrected chi connectivity index (χ3v) is 1.15. The average molecular weight is 169 g/mol. The maximum Gasteiger partial charge on any atom is 0.303 e. The second-order valence-corrected chi connectivity index (χ2v) is 2.23. The van der Waals surface area contributed by atoms with Crippen LogP contribution in [0, 0.1) is 12.3 Å². The Hall–Kier alpha value is -1.50. The lowest BCUT2D eigenvalue weighted by atomic mass is 10.3. The van der Waals surface area contributed by atoms with Gasteiger partial charge in [0.05, 0.1) is 6.42 Å². The second-order valence-electron chi connectivity index (χ2n) is 2.23. The summed E-state index contributed by atoms with van der Waals surface area (Å²) in [4.78, 5) is 20.7. The zero-order chi connectivity index (χ0) is 9.40. The van der Waals surface area contributed by atoms with Crippen molar-refractivity contribution in [3.05, 3.63) is 0 Å². The minimum atomic E-state index is -0.860. The molecule has 2 N–H and O–H groups in total. The molecule has 0 aliphatic heterocycles. The van der Waals surface area contributed by atoms with Gasteiger partial charge in [-0.3, -0.25) is 9.59 Å². The maximum absolute atomic E-state index is 10.7. The lowest BCUT2D eigenvalue weighted by Gasteiger charge is -1.99. The van der Waals surface area contributed by atoms with E-state index in [-0.39, 0.29) is 18.7 Å². The molecule has 0 aromatic heterocycles. The van der Waals surface area contributed by atoms with Crippen molar-refractivity contribution >= 4 is 11.9 Å². The Kier molecular flexibility index (Phi) is 5.45. The first-order valence-corrected chi connectivity index (χ1v) is 3.58. The quantitative estimate of drug-likeness (QED) is 0.449. The van der Waals surface area contributed by atoms with Crippen LogP contribution in [0.5, 0.6) is 0 Å². The van der Waals surface area contributed by atoms with E-state index in [0.29, 0.717) is 13.0 Å². The fraction of sp³-hybridized carbons (Fsp3) is 0.500. The molecular formula is C8H11NO3. The van der Waals surface area contributed by atoms with Crippen LogP contribution < -0.4 is 5.32 Å². The second kappa shape index (κ2) is 6.23. The summed E-state index contributed by atoms with van der Waals surface area (Å²) in [6.07, 6.45) is 5.43. The van der Waals surface area contributed by atoms with E-state index in [1.54, 1.807) is 0 Å². The maximum atomic E-state index is 10.7. The Morgan fingerprint density at radius 1 is 1.50 bits per heavy atom. The van der Waals surface area contributed by atoms with Crippen molar-refractivity contribution in [3.8, 4) is 12.3 Å². The summed E-state index contributed by atoms with van der Waals surface area (Å²) in [6.45, 7) is 0.368. The Balaban J connectivity index is 3.27. The van der Waals surface area contributed by atoms with Gasteiger partial charge in [0.2, 0.25) is 5.91 Å². The minimum Gasteiger partial charge on any atom is -0.481 e. The van der Waals surface area contributed by atoms with Gasteiger partial charge in [-0.1, -0.05) is 5.92 Å². The number of carboxylic acid groups (broad SMARTS) is 1. The molecule has 0 unspecified atom stereocenters. The molecule has 4 heteroatoms. The van der Waals surface area contributed by atoms with Crippen LogP contribution in [0.1, 0.15) is 19.3 Å². The fourth-order valence-corrected chi connectivity index (χ4v) is 0.623. The molecule has 0 aliphatic rings. The number of rotatable bonds is 5. The number of hydrogen-bond donors (Lipinski definition) is 2. The van der Waals surface area contributed by atoms with Crippen molar-refractivity contribution in [2.24, 2.45) is 0 Å². The topological polar surface area (TPSA) is 66.4 Å². The van der Waals surface area contributed by atoms with E-state index in [1.807, 2.05) is 0 Å². The van der Waals surface area contributed by atoms with Crippen molar-refractivity contribution in [3.63, 3.8) is 0 Å². The summed E-state index contributed by atoms with van der Waals surface area (Å²) < 4.78 is 0. The molecular weight excluding hydrogens is 158 g/mol. The molecule has 66 valence electrons. The van der Waals surface area contributed by atoms with Crippen molar-refractivity contribution in [1.82, 2.24) is 5.32 Å². The standard InChI is InChI=1S/C8H11NO3/c1-2-4-7(10)9-6-3-5-8(11)12/h1H,3-6H2,(H,9,10)(H,11,12). The molecule has 0 radical (unpaired) electrons. The normalized spacial score (nSPS) is 8.58. The van der Waals surface area contributed by atoms with Crippen LogP contribution in [0.3, 0.4) is 0 Å². The molecule has 0 rings (SSSR count). The summed E-state index contributed by atoms with van der Waals surface area (Å²) >= 11 is 0. The highest BCUT2D eigenvalue weighted by atomic mass is 16.4. The average Bonchev–Trinajstić information content (AvgIpc) is 1.98. The summed E-state index contributed by atoms with van der Waals surface area (Å²) in [5.41, 5.74) is 0. The number of carbonyl (C=O) groups is 2. The third kappa shape index (κ3) is 6.62. The van der Waals surface area contributed by atoms with Gasteiger partial charge in [0.15, 0.2) is 0 Å². The van der Waals surface area contributed by atoms with Gasteiger partial charge in [-0.25, -0.2) is 0 Å². The highest BCUT2D eigenvalue weighted by molar-refractivity contribution is 5.78. The monoisotopic (exact) mass is 169 g/mol. The first kappa shape index (κ1) is 10.5. The minimum absolute atomic E-state index is 0.0487. The highest BCUT2D eigenvalue weighted by Crippen LogP contribution is 1.86. The molecule has 12 heavy (non-hydrogen) atoms. The third-order valence-electron chi connectivity index (χ3n) is 1.15. The van der Waals surface area contributed by atoms with Crippen LogP contribution >= 0.6 is 0 Å². The molecule has 4 nitrogen and oxygen atoms in total. The number of nitrogens with one attached hydrogen (secondary N) is 1. The Morgan fingerprint density at radius 2 is 2.17 bits per heavy atom. The molecule has 0 bridgehead atoms. The first-order chi connectivity index (χ1) is 5.66. The molecule has 0 fully saturated rings. The van der Waals surface area contributed by atoms with E-state index < -0.39 is 5.97 Å². The summed E-state index contributed by atoms with van der Waals surface area (Å²) in [5, 5.41) is 10.7. The summed E-state index contributed by atoms with van der Waals surface area (Å²) in [5.74, 6) is 1.10.